The SMILES string of the molecule is C=CC(=O)OC(C)CC[Si](OC)(OC)OC.C=CC(=O)OC(C)CC[Si](OCC)(OCC)OCC.C=C[Si](OC)(OC)OC. The summed E-state index contributed by atoms with van der Waals surface area (Å²) in [5, 5.41) is 0. The molecule has 0 aromatic carbocycles. The van der Waals surface area contributed by atoms with Crippen molar-refractivity contribution < 1.29 is 58.9 Å². The smallest absolute Gasteiger partial charge is 0.460 e. The Labute approximate surface area is 268 Å². The largest absolute Gasteiger partial charge is 0.528 e. The minimum atomic E-state index is -2.64. The van der Waals surface area contributed by atoms with Crippen molar-refractivity contribution >= 4 is 38.4 Å². The third kappa shape index (κ3) is 20.5. The van der Waals surface area contributed by atoms with E-state index in [1.165, 1.54) is 0 Å². The van der Waals surface area contributed by atoms with Gasteiger partial charge in [0.15, 0.2) is 0 Å². The highest BCUT2D eigenvalue weighted by molar-refractivity contribution is 6.66. The number of rotatable bonds is 23. The molecule has 0 heterocycles. The second-order valence-corrected chi connectivity index (χ2v) is 17.3. The van der Waals surface area contributed by atoms with Crippen molar-refractivity contribution in [2.24, 2.45) is 0 Å². The Balaban J connectivity index is -0.000000609. The first kappa shape index (κ1) is 46.9. The van der Waals surface area contributed by atoms with E-state index in [1.807, 2.05) is 34.6 Å². The van der Waals surface area contributed by atoms with E-state index in [0.29, 0.717) is 44.8 Å². The van der Waals surface area contributed by atoms with Crippen LogP contribution >= 0.6 is 0 Å². The van der Waals surface area contributed by atoms with Gasteiger partial charge >= 0.3 is 38.4 Å². The van der Waals surface area contributed by atoms with Crippen molar-refractivity contribution in [1.29, 1.82) is 0 Å². The van der Waals surface area contributed by atoms with E-state index in [4.69, 9.17) is 49.3 Å². The van der Waals surface area contributed by atoms with Crippen LogP contribution in [-0.4, -0.2) is 113 Å². The Morgan fingerprint density at radius 1 is 0.591 bits per heavy atom. The van der Waals surface area contributed by atoms with Crippen molar-refractivity contribution in [1.82, 2.24) is 0 Å². The molecule has 260 valence electrons. The van der Waals surface area contributed by atoms with Crippen LogP contribution in [0, 0.1) is 0 Å². The van der Waals surface area contributed by atoms with Gasteiger partial charge in [-0.15, -0.1) is 0 Å². The fraction of sp³-hybridized carbons (Fsp3) is 0.714. The second kappa shape index (κ2) is 27.7. The van der Waals surface area contributed by atoms with Crippen LogP contribution in [0.4, 0.5) is 0 Å². The van der Waals surface area contributed by atoms with Gasteiger partial charge in [0.1, 0.15) is 0 Å². The van der Waals surface area contributed by atoms with Crippen molar-refractivity contribution in [2.45, 2.75) is 71.8 Å². The predicted molar refractivity (Wildman–Crippen MR) is 175 cm³/mol. The van der Waals surface area contributed by atoms with Crippen LogP contribution < -0.4 is 0 Å². The van der Waals surface area contributed by atoms with Crippen LogP contribution in [0.1, 0.15) is 47.5 Å². The summed E-state index contributed by atoms with van der Waals surface area (Å²) in [6.45, 7) is 21.3. The number of hydrogen-bond donors (Lipinski definition) is 0. The average Bonchev–Trinajstić information content (AvgIpc) is 3.03. The van der Waals surface area contributed by atoms with E-state index in [0.717, 1.165) is 12.2 Å². The molecule has 16 heteroatoms. The molecule has 0 spiro atoms. The van der Waals surface area contributed by atoms with Gasteiger partial charge in [-0.25, -0.2) is 9.59 Å². The standard InChI is InChI=1S/C13H26O5Si.C10H20O5Si.C5H12O3Si/c1-6-13(14)18-12(5)10-11-19(15-7-2,16-8-3)17-9-4;1-6-10(11)15-9(2)7-8-16(12-3,13-4)14-5;1-5-9(6-2,7-3)8-4/h6,12H,1,7-11H2,2-5H3;6,9H,1,7-8H2,2-5H3;5H,1H2,2-4H3. The van der Waals surface area contributed by atoms with Gasteiger partial charge in [0.25, 0.3) is 0 Å². The maximum absolute atomic E-state index is 11.1. The number of ether oxygens (including phenoxy) is 2. The van der Waals surface area contributed by atoms with Crippen molar-refractivity contribution in [3.8, 4) is 0 Å². The zero-order valence-corrected chi connectivity index (χ0v) is 31.8. The molecule has 2 atom stereocenters. The van der Waals surface area contributed by atoms with Gasteiger partial charge in [-0.05, 0) is 53.2 Å². The molecule has 0 aromatic heterocycles. The summed E-state index contributed by atoms with van der Waals surface area (Å²) in [7, 11) is 1.67. The number of hydrogen-bond acceptors (Lipinski definition) is 13. The minimum absolute atomic E-state index is 0.209. The molecule has 0 radical (unpaired) electrons. The molecule has 0 rings (SSSR count). The fourth-order valence-electron chi connectivity index (χ4n) is 3.43. The average molecular weight is 687 g/mol. The lowest BCUT2D eigenvalue weighted by molar-refractivity contribution is -0.143. The molecule has 13 nitrogen and oxygen atoms in total. The highest BCUT2D eigenvalue weighted by Crippen LogP contribution is 2.20. The Hall–Kier alpha value is -1.55. The lowest BCUT2D eigenvalue weighted by atomic mass is 10.3. The molecule has 0 aliphatic rings. The summed E-state index contributed by atoms with van der Waals surface area (Å²) in [4.78, 5) is 22.0. The third-order valence-electron chi connectivity index (χ3n) is 5.81. The summed E-state index contributed by atoms with van der Waals surface area (Å²) >= 11 is 0. The first-order valence-electron chi connectivity index (χ1n) is 14.3. The highest BCUT2D eigenvalue weighted by Gasteiger charge is 2.40. The summed E-state index contributed by atoms with van der Waals surface area (Å²) < 4.78 is 58.0. The molecule has 0 bridgehead atoms. The summed E-state index contributed by atoms with van der Waals surface area (Å²) in [5.74, 6) is -0.837. The van der Waals surface area contributed by atoms with Gasteiger partial charge in [-0.3, -0.25) is 0 Å². The molecule has 0 amide bonds. The molecule has 0 aliphatic carbocycles. The topological polar surface area (TPSA) is 136 Å². The van der Waals surface area contributed by atoms with Crippen molar-refractivity contribution in [2.75, 3.05) is 62.5 Å². The van der Waals surface area contributed by atoms with E-state index in [9.17, 15) is 9.59 Å². The molecule has 2 unspecified atom stereocenters. The summed E-state index contributed by atoms with van der Waals surface area (Å²) in [5.41, 5.74) is 1.58. The maximum Gasteiger partial charge on any atom is 0.528 e. The Bertz CT molecular complexity index is 744. The van der Waals surface area contributed by atoms with E-state index in [2.05, 4.69) is 19.7 Å². The Morgan fingerprint density at radius 3 is 1.11 bits per heavy atom. The summed E-state index contributed by atoms with van der Waals surface area (Å²) in [6.07, 6.45) is 3.16. The van der Waals surface area contributed by atoms with E-state index in [-0.39, 0.29) is 12.2 Å². The van der Waals surface area contributed by atoms with Gasteiger partial charge in [0.2, 0.25) is 0 Å². The number of carbonyl (C=O) groups is 2. The van der Waals surface area contributed by atoms with Crippen molar-refractivity contribution in [3.63, 3.8) is 0 Å². The molecular weight excluding hydrogens is 629 g/mol. The van der Waals surface area contributed by atoms with Gasteiger partial charge in [0.05, 0.1) is 12.2 Å². The maximum atomic E-state index is 11.1. The molecular formula is C28H58O13Si3. The van der Waals surface area contributed by atoms with Crippen LogP contribution in [0.5, 0.6) is 0 Å². The van der Waals surface area contributed by atoms with E-state index < -0.39 is 38.4 Å². The fourth-order valence-corrected chi connectivity index (χ4v) is 9.06. The first-order valence-corrected chi connectivity index (χ1v) is 20.0. The van der Waals surface area contributed by atoms with E-state index >= 15 is 0 Å². The number of esters is 2. The third-order valence-corrected chi connectivity index (χ3v) is 13.9. The molecule has 44 heavy (non-hydrogen) atoms. The zero-order valence-electron chi connectivity index (χ0n) is 28.8. The predicted octanol–water partition coefficient (Wildman–Crippen LogP) is 4.50. The zero-order chi connectivity index (χ0) is 34.7. The minimum Gasteiger partial charge on any atom is -0.460 e. The van der Waals surface area contributed by atoms with Gasteiger partial charge in [0, 0.05) is 86.7 Å². The van der Waals surface area contributed by atoms with Gasteiger partial charge in [-0.1, -0.05) is 19.7 Å². The molecule has 0 saturated carbocycles. The van der Waals surface area contributed by atoms with Crippen LogP contribution in [0.15, 0.2) is 37.6 Å². The molecule has 0 aliphatic heterocycles. The van der Waals surface area contributed by atoms with Crippen molar-refractivity contribution in [3.05, 3.63) is 37.6 Å². The molecule has 0 N–H and O–H groups in total. The molecule has 0 saturated heterocycles. The van der Waals surface area contributed by atoms with Crippen LogP contribution in [-0.2, 0) is 58.9 Å². The first-order chi connectivity index (χ1) is 20.8. The lowest BCUT2D eigenvalue weighted by Crippen LogP contribution is -2.46. The second-order valence-electron chi connectivity index (χ2n) is 8.68. The highest BCUT2D eigenvalue weighted by atomic mass is 28.4. The Kier molecular flexibility index (Phi) is 29.5. The molecule has 0 fully saturated rings. The lowest BCUT2D eigenvalue weighted by Gasteiger charge is -2.29. The normalized spacial score (nSPS) is 12.8. The van der Waals surface area contributed by atoms with Gasteiger partial charge in [-0.2, -0.15) is 0 Å². The van der Waals surface area contributed by atoms with Crippen LogP contribution in [0.25, 0.3) is 0 Å². The molecule has 0 aromatic rings. The quantitative estimate of drug-likeness (QED) is 0.0848. The number of carbonyl (C=O) groups excluding carboxylic acids is 2. The van der Waals surface area contributed by atoms with Crippen LogP contribution in [0.2, 0.25) is 12.1 Å². The van der Waals surface area contributed by atoms with E-state index in [1.54, 1.807) is 48.4 Å². The monoisotopic (exact) mass is 686 g/mol. The van der Waals surface area contributed by atoms with Gasteiger partial charge < -0.3 is 49.3 Å². The Morgan fingerprint density at radius 2 is 0.909 bits per heavy atom. The van der Waals surface area contributed by atoms with Crippen LogP contribution in [0.3, 0.4) is 0 Å². The summed E-state index contributed by atoms with van der Waals surface area (Å²) in [6, 6.07) is 1.23.